The van der Waals surface area contributed by atoms with Gasteiger partial charge in [-0.1, -0.05) is 86.9 Å². The Kier molecular flexibility index (Phi) is 7.51. The number of allylic oxidation sites excluding steroid dienone is 1. The van der Waals surface area contributed by atoms with Gasteiger partial charge in [-0.2, -0.15) is 0 Å². The third-order valence-corrected chi connectivity index (χ3v) is 7.37. The highest BCUT2D eigenvalue weighted by molar-refractivity contribution is 6.11. The van der Waals surface area contributed by atoms with Gasteiger partial charge in [-0.15, -0.1) is 0 Å². The van der Waals surface area contributed by atoms with Crippen LogP contribution in [0.5, 0.6) is 0 Å². The molecule has 1 aliphatic carbocycles. The van der Waals surface area contributed by atoms with Gasteiger partial charge in [0.25, 0.3) is 0 Å². The zero-order valence-electron chi connectivity index (χ0n) is 20.3. The van der Waals surface area contributed by atoms with Gasteiger partial charge in [0.05, 0.1) is 11.3 Å². The van der Waals surface area contributed by atoms with Crippen LogP contribution in [0.25, 0.3) is 0 Å². The fourth-order valence-electron chi connectivity index (χ4n) is 5.59. The van der Waals surface area contributed by atoms with E-state index < -0.39 is 23.3 Å². The summed E-state index contributed by atoms with van der Waals surface area (Å²) in [4.78, 5) is 32.3. The van der Waals surface area contributed by atoms with Crippen molar-refractivity contribution in [3.05, 3.63) is 83.1 Å². The monoisotopic (exact) mass is 469 g/mol. The van der Waals surface area contributed by atoms with Gasteiger partial charge in [0, 0.05) is 17.5 Å². The molecule has 35 heavy (non-hydrogen) atoms. The predicted molar refractivity (Wildman–Crippen MR) is 135 cm³/mol. The lowest BCUT2D eigenvalue weighted by Gasteiger charge is -2.42. The van der Waals surface area contributed by atoms with Crippen LogP contribution < -0.4 is 0 Å². The molecule has 1 heterocycles. The molecule has 1 fully saturated rings. The molecule has 0 bridgehead atoms. The van der Waals surface area contributed by atoms with Crippen molar-refractivity contribution in [2.75, 3.05) is 0 Å². The molecule has 5 heteroatoms. The Morgan fingerprint density at radius 3 is 2.29 bits per heavy atom. The van der Waals surface area contributed by atoms with E-state index in [1.165, 1.54) is 0 Å². The molecule has 2 unspecified atom stereocenters. The molecule has 1 aliphatic heterocycles. The van der Waals surface area contributed by atoms with Crippen LogP contribution in [0, 0.1) is 23.9 Å². The summed E-state index contributed by atoms with van der Waals surface area (Å²) in [5, 5.41) is 0. The molecular formula is C30H31NO4. The third-order valence-electron chi connectivity index (χ3n) is 7.37. The van der Waals surface area contributed by atoms with E-state index in [1.807, 2.05) is 80.6 Å². The van der Waals surface area contributed by atoms with Crippen molar-refractivity contribution in [3.63, 3.8) is 0 Å². The number of benzene rings is 2. The molecule has 5 nitrogen and oxygen atoms in total. The summed E-state index contributed by atoms with van der Waals surface area (Å²) in [7, 11) is 0. The lowest BCUT2D eigenvalue weighted by molar-refractivity contribution is -0.146. The van der Waals surface area contributed by atoms with E-state index in [-0.39, 0.29) is 12.5 Å². The lowest BCUT2D eigenvalue weighted by atomic mass is 9.62. The second-order valence-electron chi connectivity index (χ2n) is 9.22. The van der Waals surface area contributed by atoms with E-state index in [1.54, 1.807) is 0 Å². The summed E-state index contributed by atoms with van der Waals surface area (Å²) in [5.74, 6) is -1.50. The Labute approximate surface area is 207 Å². The maximum Gasteiger partial charge on any atom is 0.336 e. The van der Waals surface area contributed by atoms with Gasteiger partial charge < -0.3 is 9.47 Å². The van der Waals surface area contributed by atoms with Crippen molar-refractivity contribution in [2.24, 2.45) is 16.3 Å². The number of ether oxygens (including phenoxy) is 2. The number of hydrogen-bond donors (Lipinski definition) is 0. The number of terminal acetylenes is 1. The fraction of sp³-hybridized carbons (Fsp3) is 0.367. The van der Waals surface area contributed by atoms with Crippen LogP contribution in [-0.2, 0) is 25.7 Å². The van der Waals surface area contributed by atoms with Crippen molar-refractivity contribution < 1.29 is 19.1 Å². The first kappa shape index (κ1) is 24.5. The minimum absolute atomic E-state index is 0.138. The molecule has 4 rings (SSSR count). The topological polar surface area (TPSA) is 65.0 Å². The van der Waals surface area contributed by atoms with Crippen LogP contribution in [0.15, 0.2) is 76.9 Å². The largest absolute Gasteiger partial charge is 0.457 e. The first-order valence-electron chi connectivity index (χ1n) is 12.3. The van der Waals surface area contributed by atoms with Crippen LogP contribution >= 0.6 is 0 Å². The van der Waals surface area contributed by atoms with Crippen molar-refractivity contribution in [1.29, 1.82) is 0 Å². The zero-order valence-corrected chi connectivity index (χ0v) is 20.3. The molecule has 2 aromatic carbocycles. The average Bonchev–Trinajstić information content (AvgIpc) is 3.43. The maximum absolute atomic E-state index is 13.9. The summed E-state index contributed by atoms with van der Waals surface area (Å²) in [5.41, 5.74) is 2.32. The first-order valence-corrected chi connectivity index (χ1v) is 12.3. The summed E-state index contributed by atoms with van der Waals surface area (Å²) in [6.45, 7) is 3.89. The smallest absolute Gasteiger partial charge is 0.336 e. The Bertz CT molecular complexity index is 1170. The van der Waals surface area contributed by atoms with Gasteiger partial charge >= 0.3 is 11.9 Å². The lowest BCUT2D eigenvalue weighted by Crippen LogP contribution is -2.48. The molecule has 1 saturated carbocycles. The van der Waals surface area contributed by atoms with E-state index in [4.69, 9.17) is 20.9 Å². The highest BCUT2D eigenvalue weighted by Crippen LogP contribution is 2.52. The van der Waals surface area contributed by atoms with Crippen LogP contribution in [0.4, 0.5) is 0 Å². The van der Waals surface area contributed by atoms with Crippen molar-refractivity contribution in [1.82, 2.24) is 0 Å². The molecule has 0 aromatic heterocycles. The van der Waals surface area contributed by atoms with E-state index in [2.05, 4.69) is 0 Å². The number of esters is 2. The maximum atomic E-state index is 13.9. The second kappa shape index (κ2) is 10.7. The number of rotatable bonds is 7. The first-order chi connectivity index (χ1) is 17.0. The third kappa shape index (κ3) is 4.66. The Balaban J connectivity index is 1.88. The Morgan fingerprint density at radius 2 is 1.69 bits per heavy atom. The summed E-state index contributed by atoms with van der Waals surface area (Å²) in [6, 6.07) is 19.2. The summed E-state index contributed by atoms with van der Waals surface area (Å²) in [6.07, 6.45) is 11.9. The number of hydrogen-bond acceptors (Lipinski definition) is 5. The predicted octanol–water partition coefficient (Wildman–Crippen LogP) is 5.96. The second-order valence-corrected chi connectivity index (χ2v) is 9.22. The van der Waals surface area contributed by atoms with Gasteiger partial charge in [-0.3, -0.25) is 4.99 Å². The van der Waals surface area contributed by atoms with E-state index in [9.17, 15) is 9.59 Å². The average molecular weight is 470 g/mol. The quantitative estimate of drug-likeness (QED) is 0.371. The van der Waals surface area contributed by atoms with E-state index in [0.29, 0.717) is 17.7 Å². The SMILES string of the molecule is C#COC(=O)C1(CC)C(C)=NC(C2CCCC2)=C(C(=O)OCc2ccccc2)C1c1ccccc1. The molecular weight excluding hydrogens is 438 g/mol. The normalized spacial score (nSPS) is 22.3. The molecule has 0 spiro atoms. The van der Waals surface area contributed by atoms with Crippen LogP contribution in [0.2, 0.25) is 0 Å². The standard InChI is InChI=1S/C30H31NO4/c1-4-30(29(33)34-5-2)21(3)31-27(24-18-12-13-19-24)25(26(30)23-16-10-7-11-17-23)28(32)35-20-22-14-8-6-9-15-22/h2,6-11,14-17,24,26H,4,12-13,18-20H2,1,3H3. The molecule has 2 aromatic rings. The summed E-state index contributed by atoms with van der Waals surface area (Å²) < 4.78 is 11.0. The number of carbonyl (C=O) groups is 2. The highest BCUT2D eigenvalue weighted by atomic mass is 16.5. The molecule has 2 atom stereocenters. The van der Waals surface area contributed by atoms with Gasteiger partial charge in [0.2, 0.25) is 0 Å². The summed E-state index contributed by atoms with van der Waals surface area (Å²) >= 11 is 0. The zero-order chi connectivity index (χ0) is 24.8. The van der Waals surface area contributed by atoms with Crippen LogP contribution in [0.3, 0.4) is 0 Å². The van der Waals surface area contributed by atoms with E-state index >= 15 is 0 Å². The number of aliphatic imine (C=N–C) groups is 1. The van der Waals surface area contributed by atoms with Gasteiger partial charge in [-0.25, -0.2) is 9.59 Å². The van der Waals surface area contributed by atoms with Crippen molar-refractivity contribution in [3.8, 4) is 12.5 Å². The molecule has 0 amide bonds. The molecule has 180 valence electrons. The van der Waals surface area contributed by atoms with Crippen LogP contribution in [0.1, 0.15) is 63.0 Å². The number of carbonyl (C=O) groups excluding carboxylic acids is 2. The van der Waals surface area contributed by atoms with Crippen molar-refractivity contribution in [2.45, 2.75) is 58.5 Å². The highest BCUT2D eigenvalue weighted by Gasteiger charge is 2.55. The minimum atomic E-state index is -1.21. The Morgan fingerprint density at radius 1 is 1.06 bits per heavy atom. The van der Waals surface area contributed by atoms with Gasteiger partial charge in [-0.05, 0) is 37.3 Å². The molecule has 0 saturated heterocycles. The number of nitrogens with zero attached hydrogens (tertiary/aromatic N) is 1. The van der Waals surface area contributed by atoms with Gasteiger partial charge in [0.15, 0.2) is 0 Å². The van der Waals surface area contributed by atoms with Crippen LogP contribution in [-0.4, -0.2) is 17.7 Å². The fourth-order valence-corrected chi connectivity index (χ4v) is 5.59. The Hall–Kier alpha value is -3.65. The van der Waals surface area contributed by atoms with Crippen molar-refractivity contribution >= 4 is 17.7 Å². The minimum Gasteiger partial charge on any atom is -0.457 e. The molecule has 2 aliphatic rings. The molecule has 0 N–H and O–H groups in total. The van der Waals surface area contributed by atoms with Gasteiger partial charge in [0.1, 0.15) is 18.1 Å². The molecule has 0 radical (unpaired) electrons. The van der Waals surface area contributed by atoms with E-state index in [0.717, 1.165) is 42.5 Å².